The van der Waals surface area contributed by atoms with Crippen LogP contribution in [0.4, 0.5) is 0 Å². The highest BCUT2D eigenvalue weighted by atomic mass is 35.5. The maximum absolute atomic E-state index is 12.4. The van der Waals surface area contributed by atoms with Gasteiger partial charge in [0, 0.05) is 25.7 Å². The molecule has 2 N–H and O–H groups in total. The molecule has 5 heteroatoms. The molecule has 4 nitrogen and oxygen atoms in total. The van der Waals surface area contributed by atoms with Crippen LogP contribution in [0.3, 0.4) is 0 Å². The Balaban J connectivity index is 0.00000176. The lowest BCUT2D eigenvalue weighted by atomic mass is 10.0. The van der Waals surface area contributed by atoms with Crippen molar-refractivity contribution in [3.63, 3.8) is 0 Å². The van der Waals surface area contributed by atoms with E-state index in [1.54, 1.807) is 0 Å². The minimum absolute atomic E-state index is 0. The highest BCUT2D eigenvalue weighted by Gasteiger charge is 2.33. The Labute approximate surface area is 139 Å². The van der Waals surface area contributed by atoms with Crippen molar-refractivity contribution in [2.24, 2.45) is 5.92 Å². The van der Waals surface area contributed by atoms with Gasteiger partial charge in [-0.2, -0.15) is 0 Å². The molecule has 1 aromatic rings. The Morgan fingerprint density at radius 1 is 1.36 bits per heavy atom. The van der Waals surface area contributed by atoms with Gasteiger partial charge in [0.05, 0.1) is 12.6 Å². The zero-order valence-electron chi connectivity index (χ0n) is 13.1. The minimum atomic E-state index is 0. The zero-order chi connectivity index (χ0) is 14.7. The summed E-state index contributed by atoms with van der Waals surface area (Å²) in [5.74, 6) is 0.779. The van der Waals surface area contributed by atoms with Crippen molar-refractivity contribution in [1.29, 1.82) is 0 Å². The molecule has 1 heterocycles. The second-order valence-corrected chi connectivity index (χ2v) is 6.32. The molecule has 1 unspecified atom stereocenters. The summed E-state index contributed by atoms with van der Waals surface area (Å²) in [5, 5.41) is 6.62. The first-order valence-electron chi connectivity index (χ1n) is 8.03. The summed E-state index contributed by atoms with van der Waals surface area (Å²) in [5.41, 5.74) is 1.24. The van der Waals surface area contributed by atoms with Gasteiger partial charge in [0.25, 0.3) is 0 Å². The van der Waals surface area contributed by atoms with E-state index >= 15 is 0 Å². The summed E-state index contributed by atoms with van der Waals surface area (Å²) < 4.78 is 0. The number of piperazine rings is 1. The third-order valence-corrected chi connectivity index (χ3v) is 4.55. The molecule has 2 atom stereocenters. The van der Waals surface area contributed by atoms with Crippen LogP contribution in [0, 0.1) is 5.92 Å². The molecule has 3 rings (SSSR count). The van der Waals surface area contributed by atoms with Gasteiger partial charge in [-0.1, -0.05) is 30.3 Å². The number of halogens is 1. The average molecular weight is 324 g/mol. The maximum atomic E-state index is 12.4. The molecule has 2 aliphatic rings. The third-order valence-electron chi connectivity index (χ3n) is 4.55. The van der Waals surface area contributed by atoms with Gasteiger partial charge in [-0.05, 0) is 31.2 Å². The lowest BCUT2D eigenvalue weighted by molar-refractivity contribution is -0.123. The summed E-state index contributed by atoms with van der Waals surface area (Å²) in [6, 6.07) is 11.0. The van der Waals surface area contributed by atoms with Crippen LogP contribution in [-0.2, 0) is 4.79 Å². The van der Waals surface area contributed by atoms with Gasteiger partial charge in [-0.15, -0.1) is 12.4 Å². The summed E-state index contributed by atoms with van der Waals surface area (Å²) in [6.07, 6.45) is 2.45. The van der Waals surface area contributed by atoms with E-state index in [0.29, 0.717) is 18.5 Å². The second kappa shape index (κ2) is 7.95. The Hall–Kier alpha value is -1.10. The van der Waals surface area contributed by atoms with Gasteiger partial charge in [0.1, 0.15) is 0 Å². The number of carbonyl (C=O) groups excluding carboxylic acids is 1. The highest BCUT2D eigenvalue weighted by molar-refractivity contribution is 5.85. The number of nitrogens with one attached hydrogen (secondary N) is 2. The first-order valence-corrected chi connectivity index (χ1v) is 8.03. The molecule has 1 saturated heterocycles. The molecule has 1 aromatic carbocycles. The molecule has 1 amide bonds. The minimum Gasteiger partial charge on any atom is -0.348 e. The fraction of sp³-hybridized carbons (Fsp3) is 0.588. The molecule has 2 fully saturated rings. The van der Waals surface area contributed by atoms with Crippen LogP contribution < -0.4 is 10.6 Å². The number of hydrogen-bond donors (Lipinski definition) is 2. The van der Waals surface area contributed by atoms with Crippen molar-refractivity contribution in [1.82, 2.24) is 15.5 Å². The van der Waals surface area contributed by atoms with E-state index in [1.807, 2.05) is 6.07 Å². The number of hydrogen-bond acceptors (Lipinski definition) is 3. The monoisotopic (exact) mass is 323 g/mol. The van der Waals surface area contributed by atoms with Crippen molar-refractivity contribution in [3.05, 3.63) is 35.9 Å². The van der Waals surface area contributed by atoms with Crippen LogP contribution in [0.25, 0.3) is 0 Å². The number of rotatable bonds is 5. The molecule has 1 aliphatic heterocycles. The van der Waals surface area contributed by atoms with Crippen LogP contribution in [-0.4, -0.2) is 43.0 Å². The number of carbonyl (C=O) groups is 1. The van der Waals surface area contributed by atoms with E-state index in [1.165, 1.54) is 18.4 Å². The first-order chi connectivity index (χ1) is 10.2. The lowest BCUT2D eigenvalue weighted by Gasteiger charge is -2.33. The summed E-state index contributed by atoms with van der Waals surface area (Å²) >= 11 is 0. The van der Waals surface area contributed by atoms with E-state index < -0.39 is 0 Å². The lowest BCUT2D eigenvalue weighted by Crippen LogP contribution is -2.53. The fourth-order valence-corrected chi connectivity index (χ4v) is 3.08. The molecule has 0 bridgehead atoms. The molecule has 1 saturated carbocycles. The average Bonchev–Trinajstić information content (AvgIpc) is 3.33. The fourth-order valence-electron chi connectivity index (χ4n) is 3.08. The zero-order valence-corrected chi connectivity index (χ0v) is 13.9. The van der Waals surface area contributed by atoms with Crippen molar-refractivity contribution in [3.8, 4) is 0 Å². The van der Waals surface area contributed by atoms with Gasteiger partial charge in [-0.25, -0.2) is 0 Å². The smallest absolute Gasteiger partial charge is 0.234 e. The molecular weight excluding hydrogens is 298 g/mol. The standard InChI is InChI=1S/C17H25N3O.ClH/c1-13-11-18-9-10-20(13)12-16(21)19-17(15-7-8-15)14-5-3-2-4-6-14;/h2-6,13,15,17-18H,7-12H2,1H3,(H,19,21);1H/t13-,17?;/m1./s1. The largest absolute Gasteiger partial charge is 0.348 e. The van der Waals surface area contributed by atoms with Gasteiger partial charge in [-0.3, -0.25) is 9.69 Å². The molecule has 1 aliphatic carbocycles. The predicted molar refractivity (Wildman–Crippen MR) is 91.2 cm³/mol. The molecular formula is C17H26ClN3O. The molecule has 122 valence electrons. The third kappa shape index (κ3) is 4.45. The van der Waals surface area contributed by atoms with Crippen molar-refractivity contribution < 1.29 is 4.79 Å². The molecule has 0 radical (unpaired) electrons. The SMILES string of the molecule is C[C@@H]1CNCCN1CC(=O)NC(c1ccccc1)C1CC1.Cl. The van der Waals surface area contributed by atoms with Crippen LogP contribution >= 0.6 is 12.4 Å². The van der Waals surface area contributed by atoms with Crippen LogP contribution in [0.2, 0.25) is 0 Å². The first kappa shape index (κ1) is 17.3. The Morgan fingerprint density at radius 3 is 2.73 bits per heavy atom. The number of nitrogens with zero attached hydrogens (tertiary/aromatic N) is 1. The second-order valence-electron chi connectivity index (χ2n) is 6.32. The highest BCUT2D eigenvalue weighted by Crippen LogP contribution is 2.40. The Morgan fingerprint density at radius 2 is 2.09 bits per heavy atom. The summed E-state index contributed by atoms with van der Waals surface area (Å²) in [6.45, 7) is 5.59. The van der Waals surface area contributed by atoms with E-state index in [0.717, 1.165) is 19.6 Å². The number of benzene rings is 1. The van der Waals surface area contributed by atoms with Crippen LogP contribution in [0.1, 0.15) is 31.4 Å². The van der Waals surface area contributed by atoms with Crippen LogP contribution in [0.5, 0.6) is 0 Å². The van der Waals surface area contributed by atoms with E-state index in [9.17, 15) is 4.79 Å². The Kier molecular flexibility index (Phi) is 6.24. The molecule has 0 aromatic heterocycles. The quantitative estimate of drug-likeness (QED) is 0.871. The molecule has 22 heavy (non-hydrogen) atoms. The van der Waals surface area contributed by atoms with E-state index in [-0.39, 0.29) is 24.4 Å². The van der Waals surface area contributed by atoms with Crippen molar-refractivity contribution in [2.75, 3.05) is 26.2 Å². The van der Waals surface area contributed by atoms with Crippen molar-refractivity contribution >= 4 is 18.3 Å². The molecule has 0 spiro atoms. The van der Waals surface area contributed by atoms with Gasteiger partial charge >= 0.3 is 0 Å². The van der Waals surface area contributed by atoms with E-state index in [4.69, 9.17) is 0 Å². The van der Waals surface area contributed by atoms with Crippen LogP contribution in [0.15, 0.2) is 30.3 Å². The Bertz CT molecular complexity index is 478. The normalized spacial score (nSPS) is 23.4. The maximum Gasteiger partial charge on any atom is 0.234 e. The number of amides is 1. The predicted octanol–water partition coefficient (Wildman–Crippen LogP) is 1.97. The van der Waals surface area contributed by atoms with E-state index in [2.05, 4.69) is 46.7 Å². The van der Waals surface area contributed by atoms with Gasteiger partial charge in [0.15, 0.2) is 0 Å². The topological polar surface area (TPSA) is 44.4 Å². The van der Waals surface area contributed by atoms with Gasteiger partial charge < -0.3 is 10.6 Å². The van der Waals surface area contributed by atoms with Gasteiger partial charge in [0.2, 0.25) is 5.91 Å². The summed E-state index contributed by atoms with van der Waals surface area (Å²) in [7, 11) is 0. The van der Waals surface area contributed by atoms with Crippen molar-refractivity contribution in [2.45, 2.75) is 31.8 Å². The summed E-state index contributed by atoms with van der Waals surface area (Å²) in [4.78, 5) is 14.7.